The number of nitrogens with two attached hydrogens (primary N) is 1. The maximum absolute atomic E-state index is 11.9. The smallest absolute Gasteiger partial charge is 0.237 e. The van der Waals surface area contributed by atoms with Crippen molar-refractivity contribution in [1.29, 1.82) is 0 Å². The second-order valence-electron chi connectivity index (χ2n) is 5.64. The summed E-state index contributed by atoms with van der Waals surface area (Å²) in [5.74, 6) is -0.133. The molecule has 0 fully saturated rings. The van der Waals surface area contributed by atoms with Crippen LogP contribution in [0.3, 0.4) is 0 Å². The summed E-state index contributed by atoms with van der Waals surface area (Å²) in [5, 5.41) is 3.75. The van der Waals surface area contributed by atoms with E-state index in [9.17, 15) is 4.79 Å². The highest BCUT2D eigenvalue weighted by molar-refractivity contribution is 7.18. The quantitative estimate of drug-likeness (QED) is 0.904. The lowest BCUT2D eigenvalue weighted by Crippen LogP contribution is -2.48. The number of hydrogen-bond acceptors (Lipinski definition) is 4. The zero-order chi connectivity index (χ0) is 14.0. The van der Waals surface area contributed by atoms with Gasteiger partial charge in [-0.25, -0.2) is 4.98 Å². The van der Waals surface area contributed by atoms with E-state index >= 15 is 0 Å². The van der Waals surface area contributed by atoms with Crippen LogP contribution in [0.1, 0.15) is 25.8 Å². The summed E-state index contributed by atoms with van der Waals surface area (Å²) in [6.07, 6.45) is 0. The fourth-order valence-corrected chi connectivity index (χ4v) is 2.57. The summed E-state index contributed by atoms with van der Waals surface area (Å²) in [6.45, 7) is 6.29. The molecule has 0 bridgehead atoms. The van der Waals surface area contributed by atoms with Crippen molar-refractivity contribution < 1.29 is 4.79 Å². The molecule has 1 heterocycles. The van der Waals surface area contributed by atoms with Crippen molar-refractivity contribution in [2.24, 2.45) is 11.1 Å². The average molecular weight is 277 g/mol. The van der Waals surface area contributed by atoms with Gasteiger partial charge in [0.2, 0.25) is 5.91 Å². The number of para-hydroxylation sites is 1. The molecule has 0 spiro atoms. The van der Waals surface area contributed by atoms with E-state index < -0.39 is 6.04 Å². The average Bonchev–Trinajstić information content (AvgIpc) is 2.76. The Morgan fingerprint density at radius 1 is 1.42 bits per heavy atom. The Balaban J connectivity index is 2.01. The molecule has 1 atom stereocenters. The lowest BCUT2D eigenvalue weighted by atomic mass is 9.87. The molecule has 102 valence electrons. The standard InChI is InChI=1S/C14H19N3OS/c1-14(2,3)12(15)13(18)16-8-11-17-9-6-4-5-7-10(9)19-11/h4-7,12H,8,15H2,1-3H3,(H,16,18). The van der Waals surface area contributed by atoms with Crippen LogP contribution in [0.5, 0.6) is 0 Å². The van der Waals surface area contributed by atoms with E-state index in [-0.39, 0.29) is 11.3 Å². The lowest BCUT2D eigenvalue weighted by Gasteiger charge is -2.25. The van der Waals surface area contributed by atoms with Crippen LogP contribution in [0, 0.1) is 5.41 Å². The molecule has 0 aliphatic rings. The minimum Gasteiger partial charge on any atom is -0.348 e. The summed E-state index contributed by atoms with van der Waals surface area (Å²) >= 11 is 1.59. The summed E-state index contributed by atoms with van der Waals surface area (Å²) < 4.78 is 1.13. The van der Waals surface area contributed by atoms with Gasteiger partial charge in [-0.1, -0.05) is 32.9 Å². The number of hydrogen-bond donors (Lipinski definition) is 2. The molecule has 0 saturated heterocycles. The molecule has 0 radical (unpaired) electrons. The number of fused-ring (bicyclic) bond motifs is 1. The highest BCUT2D eigenvalue weighted by Crippen LogP contribution is 2.21. The van der Waals surface area contributed by atoms with E-state index in [1.165, 1.54) is 0 Å². The normalized spacial score (nSPS) is 13.5. The Morgan fingerprint density at radius 2 is 2.11 bits per heavy atom. The Kier molecular flexibility index (Phi) is 3.87. The van der Waals surface area contributed by atoms with Gasteiger partial charge in [0.05, 0.1) is 22.8 Å². The van der Waals surface area contributed by atoms with Gasteiger partial charge in [-0.05, 0) is 17.5 Å². The third-order valence-corrected chi connectivity index (χ3v) is 4.00. The van der Waals surface area contributed by atoms with Crippen LogP contribution in [-0.2, 0) is 11.3 Å². The number of thiazole rings is 1. The largest absolute Gasteiger partial charge is 0.348 e. The number of amides is 1. The highest BCUT2D eigenvalue weighted by Gasteiger charge is 2.27. The minimum absolute atomic E-state index is 0.133. The van der Waals surface area contributed by atoms with Gasteiger partial charge in [-0.3, -0.25) is 4.79 Å². The van der Waals surface area contributed by atoms with Crippen molar-refractivity contribution in [2.45, 2.75) is 33.4 Å². The number of carbonyl (C=O) groups is 1. The number of carbonyl (C=O) groups excluding carboxylic acids is 1. The van der Waals surface area contributed by atoms with Gasteiger partial charge < -0.3 is 11.1 Å². The summed E-state index contributed by atoms with van der Waals surface area (Å²) in [5.41, 5.74) is 6.64. The second kappa shape index (κ2) is 5.27. The lowest BCUT2D eigenvalue weighted by molar-refractivity contribution is -0.124. The van der Waals surface area contributed by atoms with Crippen LogP contribution in [0.2, 0.25) is 0 Å². The molecule has 1 unspecified atom stereocenters. The van der Waals surface area contributed by atoms with Gasteiger partial charge in [0.15, 0.2) is 0 Å². The molecular weight excluding hydrogens is 258 g/mol. The molecule has 1 amide bonds. The van der Waals surface area contributed by atoms with Crippen LogP contribution in [0.4, 0.5) is 0 Å². The number of nitrogens with one attached hydrogen (secondary N) is 1. The van der Waals surface area contributed by atoms with Crippen LogP contribution in [0.25, 0.3) is 10.2 Å². The third kappa shape index (κ3) is 3.30. The zero-order valence-electron chi connectivity index (χ0n) is 11.4. The molecule has 0 aliphatic heterocycles. The van der Waals surface area contributed by atoms with Crippen LogP contribution in [-0.4, -0.2) is 16.9 Å². The fraction of sp³-hybridized carbons (Fsp3) is 0.429. The van der Waals surface area contributed by atoms with Gasteiger partial charge in [0.25, 0.3) is 0 Å². The minimum atomic E-state index is -0.512. The molecule has 2 aromatic rings. The van der Waals surface area contributed by atoms with Crippen LogP contribution < -0.4 is 11.1 Å². The van der Waals surface area contributed by atoms with Crippen LogP contribution in [0.15, 0.2) is 24.3 Å². The van der Waals surface area contributed by atoms with Gasteiger partial charge >= 0.3 is 0 Å². The Hall–Kier alpha value is -1.46. The van der Waals surface area contributed by atoms with Crippen LogP contribution >= 0.6 is 11.3 Å². The van der Waals surface area contributed by atoms with Crippen molar-refractivity contribution in [3.05, 3.63) is 29.3 Å². The van der Waals surface area contributed by atoms with Crippen molar-refractivity contribution in [2.75, 3.05) is 0 Å². The van der Waals surface area contributed by atoms with E-state index in [0.717, 1.165) is 15.2 Å². The number of aromatic nitrogens is 1. The topological polar surface area (TPSA) is 68.0 Å². The van der Waals surface area contributed by atoms with Gasteiger partial charge in [0.1, 0.15) is 5.01 Å². The molecule has 2 rings (SSSR count). The summed E-state index contributed by atoms with van der Waals surface area (Å²) in [7, 11) is 0. The van der Waals surface area contributed by atoms with Crippen molar-refractivity contribution in [3.8, 4) is 0 Å². The number of nitrogens with zero attached hydrogens (tertiary/aromatic N) is 1. The van der Waals surface area contributed by atoms with Gasteiger partial charge in [0, 0.05) is 0 Å². The molecule has 1 aromatic heterocycles. The molecule has 3 N–H and O–H groups in total. The first kappa shape index (κ1) is 14.0. The van der Waals surface area contributed by atoms with Gasteiger partial charge in [-0.2, -0.15) is 0 Å². The first-order valence-corrected chi connectivity index (χ1v) is 7.07. The second-order valence-corrected chi connectivity index (χ2v) is 6.75. The van der Waals surface area contributed by atoms with E-state index in [2.05, 4.69) is 10.3 Å². The maximum Gasteiger partial charge on any atom is 0.237 e. The molecule has 4 nitrogen and oxygen atoms in total. The monoisotopic (exact) mass is 277 g/mol. The molecule has 0 saturated carbocycles. The van der Waals surface area contributed by atoms with Crippen molar-refractivity contribution in [1.82, 2.24) is 10.3 Å². The van der Waals surface area contributed by atoms with E-state index in [1.807, 2.05) is 45.0 Å². The zero-order valence-corrected chi connectivity index (χ0v) is 12.3. The fourth-order valence-electron chi connectivity index (χ4n) is 1.66. The SMILES string of the molecule is CC(C)(C)C(N)C(=O)NCc1nc2ccccc2s1. The first-order valence-electron chi connectivity index (χ1n) is 6.25. The Morgan fingerprint density at radius 3 is 2.74 bits per heavy atom. The molecule has 0 aliphatic carbocycles. The number of benzene rings is 1. The first-order chi connectivity index (χ1) is 8.88. The van der Waals surface area contributed by atoms with E-state index in [0.29, 0.717) is 6.54 Å². The Labute approximate surface area is 117 Å². The Bertz CT molecular complexity index is 553. The summed E-state index contributed by atoms with van der Waals surface area (Å²) in [6, 6.07) is 7.43. The molecule has 5 heteroatoms. The summed E-state index contributed by atoms with van der Waals surface area (Å²) in [4.78, 5) is 16.4. The van der Waals surface area contributed by atoms with Crippen molar-refractivity contribution >= 4 is 27.5 Å². The predicted molar refractivity (Wildman–Crippen MR) is 78.9 cm³/mol. The molecule has 1 aromatic carbocycles. The van der Waals surface area contributed by atoms with E-state index in [4.69, 9.17) is 5.73 Å². The molecular formula is C14H19N3OS. The number of rotatable bonds is 3. The van der Waals surface area contributed by atoms with Gasteiger partial charge in [-0.15, -0.1) is 11.3 Å². The highest BCUT2D eigenvalue weighted by atomic mass is 32.1. The maximum atomic E-state index is 11.9. The van der Waals surface area contributed by atoms with Crippen molar-refractivity contribution in [3.63, 3.8) is 0 Å². The van der Waals surface area contributed by atoms with E-state index in [1.54, 1.807) is 11.3 Å². The predicted octanol–water partition coefficient (Wildman–Crippen LogP) is 2.29. The third-order valence-electron chi connectivity index (χ3n) is 2.97. The molecule has 19 heavy (non-hydrogen) atoms.